The van der Waals surface area contributed by atoms with Gasteiger partial charge in [0.2, 0.25) is 5.95 Å². The van der Waals surface area contributed by atoms with Crippen molar-refractivity contribution in [1.29, 1.82) is 0 Å². The molecule has 2 N–H and O–H groups in total. The summed E-state index contributed by atoms with van der Waals surface area (Å²) < 4.78 is 1.66. The number of hydrogen-bond donors (Lipinski definition) is 2. The smallest absolute Gasteiger partial charge is 0.255 e. The SMILES string of the molecule is CC1=C(C(=O)Nc2cccc(C)c2)C(c2sccc2C)n2nnnc2N1. The molecule has 0 bridgehead atoms. The molecule has 3 heterocycles. The van der Waals surface area contributed by atoms with Gasteiger partial charge in [-0.25, -0.2) is 0 Å². The third kappa shape index (κ3) is 2.78. The molecule has 0 saturated heterocycles. The van der Waals surface area contributed by atoms with E-state index in [-0.39, 0.29) is 11.9 Å². The minimum atomic E-state index is -0.356. The molecule has 1 unspecified atom stereocenters. The van der Waals surface area contributed by atoms with Crippen molar-refractivity contribution in [3.05, 3.63) is 63.0 Å². The second-order valence-corrected chi connectivity index (χ2v) is 7.25. The van der Waals surface area contributed by atoms with E-state index < -0.39 is 0 Å². The first-order valence-corrected chi connectivity index (χ1v) is 9.10. The summed E-state index contributed by atoms with van der Waals surface area (Å²) in [4.78, 5) is 14.2. The summed E-state index contributed by atoms with van der Waals surface area (Å²) in [6, 6.07) is 9.42. The number of nitrogens with zero attached hydrogens (tertiary/aromatic N) is 4. The lowest BCUT2D eigenvalue weighted by molar-refractivity contribution is -0.113. The lowest BCUT2D eigenvalue weighted by Gasteiger charge is -2.27. The van der Waals surface area contributed by atoms with Crippen molar-refractivity contribution in [3.8, 4) is 0 Å². The van der Waals surface area contributed by atoms with Crippen molar-refractivity contribution in [2.75, 3.05) is 10.6 Å². The summed E-state index contributed by atoms with van der Waals surface area (Å²) in [7, 11) is 0. The molecule has 3 aromatic rings. The maximum Gasteiger partial charge on any atom is 0.255 e. The molecule has 1 aliphatic heterocycles. The Kier molecular flexibility index (Phi) is 4.04. The van der Waals surface area contributed by atoms with Gasteiger partial charge in [-0.15, -0.1) is 11.3 Å². The summed E-state index contributed by atoms with van der Waals surface area (Å²) in [5.41, 5.74) is 4.31. The number of tetrazole rings is 1. The number of fused-ring (bicyclic) bond motifs is 1. The molecule has 2 aromatic heterocycles. The molecule has 1 aliphatic rings. The van der Waals surface area contributed by atoms with Crippen LogP contribution in [0.3, 0.4) is 0 Å². The molecule has 1 amide bonds. The van der Waals surface area contributed by atoms with Gasteiger partial charge in [0.15, 0.2) is 0 Å². The van der Waals surface area contributed by atoms with Crippen molar-refractivity contribution >= 4 is 28.9 Å². The largest absolute Gasteiger partial charge is 0.326 e. The van der Waals surface area contributed by atoms with Crippen molar-refractivity contribution in [2.45, 2.75) is 26.8 Å². The van der Waals surface area contributed by atoms with Crippen LogP contribution in [-0.2, 0) is 4.79 Å². The number of aromatic nitrogens is 4. The van der Waals surface area contributed by atoms with Gasteiger partial charge >= 0.3 is 0 Å². The van der Waals surface area contributed by atoms with E-state index in [0.717, 1.165) is 27.4 Å². The number of anilines is 2. The maximum atomic E-state index is 13.2. The predicted molar refractivity (Wildman–Crippen MR) is 101 cm³/mol. The van der Waals surface area contributed by atoms with Gasteiger partial charge in [-0.2, -0.15) is 4.68 Å². The van der Waals surface area contributed by atoms with Gasteiger partial charge in [0.25, 0.3) is 5.91 Å². The van der Waals surface area contributed by atoms with Crippen molar-refractivity contribution in [2.24, 2.45) is 0 Å². The minimum Gasteiger partial charge on any atom is -0.326 e. The number of thiophene rings is 1. The van der Waals surface area contributed by atoms with E-state index in [0.29, 0.717) is 11.5 Å². The third-order valence-corrected chi connectivity index (χ3v) is 5.46. The van der Waals surface area contributed by atoms with Crippen LogP contribution in [0.25, 0.3) is 0 Å². The Morgan fingerprint density at radius 2 is 2.12 bits per heavy atom. The molecular weight excluding hydrogens is 348 g/mol. The van der Waals surface area contributed by atoms with E-state index in [1.807, 2.05) is 56.5 Å². The highest BCUT2D eigenvalue weighted by atomic mass is 32.1. The zero-order chi connectivity index (χ0) is 18.3. The molecule has 1 atom stereocenters. The molecule has 0 aliphatic carbocycles. The Labute approximate surface area is 154 Å². The van der Waals surface area contributed by atoms with Crippen LogP contribution in [0.4, 0.5) is 11.6 Å². The van der Waals surface area contributed by atoms with Crippen LogP contribution < -0.4 is 10.6 Å². The second-order valence-electron chi connectivity index (χ2n) is 6.30. The average Bonchev–Trinajstić information content (AvgIpc) is 3.22. The molecule has 1 aromatic carbocycles. The fraction of sp³-hybridized carbons (Fsp3) is 0.222. The first kappa shape index (κ1) is 16.5. The lowest BCUT2D eigenvalue weighted by atomic mass is 9.98. The van der Waals surface area contributed by atoms with Crippen LogP contribution in [0, 0.1) is 13.8 Å². The normalized spacial score (nSPS) is 16.2. The van der Waals surface area contributed by atoms with Crippen LogP contribution in [0.2, 0.25) is 0 Å². The quantitative estimate of drug-likeness (QED) is 0.743. The Bertz CT molecular complexity index is 1020. The van der Waals surface area contributed by atoms with Gasteiger partial charge in [0.1, 0.15) is 6.04 Å². The minimum absolute atomic E-state index is 0.167. The highest BCUT2D eigenvalue weighted by Crippen LogP contribution is 2.38. The molecule has 7 nitrogen and oxygen atoms in total. The maximum absolute atomic E-state index is 13.2. The van der Waals surface area contributed by atoms with Crippen LogP contribution in [-0.4, -0.2) is 26.1 Å². The highest BCUT2D eigenvalue weighted by molar-refractivity contribution is 7.10. The van der Waals surface area contributed by atoms with Crippen LogP contribution in [0.15, 0.2) is 47.0 Å². The molecule has 4 rings (SSSR count). The predicted octanol–water partition coefficient (Wildman–Crippen LogP) is 3.28. The van der Waals surface area contributed by atoms with Crippen molar-refractivity contribution < 1.29 is 4.79 Å². The molecule has 8 heteroatoms. The van der Waals surface area contributed by atoms with Gasteiger partial charge in [0, 0.05) is 16.3 Å². The first-order chi connectivity index (χ1) is 12.5. The number of carbonyl (C=O) groups excluding carboxylic acids is 1. The standard InChI is InChI=1S/C18H18N6OS/c1-10-5-4-6-13(9-10)20-17(25)14-12(3)19-18-21-22-23-24(18)15(14)16-11(2)7-8-26-16/h4-9,15H,1-3H3,(H,20,25)(H,19,21,23). The zero-order valence-corrected chi connectivity index (χ0v) is 15.5. The van der Waals surface area contributed by atoms with Crippen molar-refractivity contribution in [1.82, 2.24) is 20.2 Å². The Hall–Kier alpha value is -3.00. The van der Waals surface area contributed by atoms with Crippen LogP contribution >= 0.6 is 11.3 Å². The van der Waals surface area contributed by atoms with E-state index in [9.17, 15) is 4.79 Å². The highest BCUT2D eigenvalue weighted by Gasteiger charge is 2.35. The average molecular weight is 366 g/mol. The number of amides is 1. The summed E-state index contributed by atoms with van der Waals surface area (Å²) in [5.74, 6) is 0.368. The van der Waals surface area contributed by atoms with Crippen LogP contribution in [0.5, 0.6) is 0 Å². The van der Waals surface area contributed by atoms with Crippen LogP contribution in [0.1, 0.15) is 29.0 Å². The molecular formula is C18H18N6OS. The second kappa shape index (κ2) is 6.38. The zero-order valence-electron chi connectivity index (χ0n) is 14.6. The fourth-order valence-corrected chi connectivity index (χ4v) is 4.15. The third-order valence-electron chi connectivity index (χ3n) is 4.38. The van der Waals surface area contributed by atoms with Gasteiger partial charge in [-0.05, 0) is 65.9 Å². The number of hydrogen-bond acceptors (Lipinski definition) is 6. The van der Waals surface area contributed by atoms with Crippen molar-refractivity contribution in [3.63, 3.8) is 0 Å². The van der Waals surface area contributed by atoms with E-state index in [2.05, 4.69) is 26.2 Å². The monoisotopic (exact) mass is 366 g/mol. The summed E-state index contributed by atoms with van der Waals surface area (Å²) in [6.45, 7) is 5.90. The topological polar surface area (TPSA) is 84.7 Å². The number of allylic oxidation sites excluding steroid dienone is 1. The molecule has 26 heavy (non-hydrogen) atoms. The summed E-state index contributed by atoms with van der Waals surface area (Å²) >= 11 is 1.60. The van der Waals surface area contributed by atoms with E-state index in [1.54, 1.807) is 16.0 Å². The van der Waals surface area contributed by atoms with Gasteiger partial charge in [0.05, 0.1) is 5.57 Å². The summed E-state index contributed by atoms with van der Waals surface area (Å²) in [6.07, 6.45) is 0. The number of nitrogens with one attached hydrogen (secondary N) is 2. The van der Waals surface area contributed by atoms with E-state index >= 15 is 0 Å². The molecule has 0 radical (unpaired) electrons. The lowest BCUT2D eigenvalue weighted by Crippen LogP contribution is -2.31. The number of carbonyl (C=O) groups is 1. The first-order valence-electron chi connectivity index (χ1n) is 8.22. The molecule has 0 spiro atoms. The summed E-state index contributed by atoms with van der Waals surface area (Å²) in [5, 5.41) is 20.0. The number of benzene rings is 1. The van der Waals surface area contributed by atoms with Gasteiger partial charge < -0.3 is 10.6 Å². The van der Waals surface area contributed by atoms with Gasteiger partial charge in [-0.3, -0.25) is 4.79 Å². The Balaban J connectivity index is 1.77. The Morgan fingerprint density at radius 1 is 1.27 bits per heavy atom. The number of rotatable bonds is 3. The molecule has 132 valence electrons. The fourth-order valence-electron chi connectivity index (χ4n) is 3.13. The van der Waals surface area contributed by atoms with E-state index in [4.69, 9.17) is 0 Å². The van der Waals surface area contributed by atoms with E-state index in [1.165, 1.54) is 0 Å². The van der Waals surface area contributed by atoms with Gasteiger partial charge in [-0.1, -0.05) is 17.2 Å². The molecule has 0 fully saturated rings. The number of aryl methyl sites for hydroxylation is 2. The molecule has 0 saturated carbocycles. The Morgan fingerprint density at radius 3 is 2.85 bits per heavy atom.